The molecule has 0 radical (unpaired) electrons. The molecule has 0 amide bonds. The van der Waals surface area contributed by atoms with E-state index in [1.807, 2.05) is 6.92 Å². The lowest BCUT2D eigenvalue weighted by atomic mass is 10.2. The summed E-state index contributed by atoms with van der Waals surface area (Å²) in [6.45, 7) is 1.91. The molecule has 94 valence electrons. The summed E-state index contributed by atoms with van der Waals surface area (Å²) < 4.78 is 5.17. The van der Waals surface area contributed by atoms with Crippen LogP contribution in [0.15, 0.2) is 35.4 Å². The highest BCUT2D eigenvalue weighted by atomic mass is 16.5. The molecule has 0 unspecified atom stereocenters. The van der Waals surface area contributed by atoms with Gasteiger partial charge in [-0.3, -0.25) is 4.98 Å². The highest BCUT2D eigenvalue weighted by Gasteiger charge is 2.14. The number of nitrogens with two attached hydrogens (primary N) is 1. The van der Waals surface area contributed by atoms with Crippen LogP contribution in [0, 0.1) is 6.92 Å². The Kier molecular flexibility index (Phi) is 2.64. The second kappa shape index (κ2) is 4.45. The molecule has 19 heavy (non-hydrogen) atoms. The van der Waals surface area contributed by atoms with Gasteiger partial charge in [-0.15, -0.1) is 0 Å². The number of nitrogens with zero attached hydrogens (tertiary/aromatic N) is 5. The quantitative estimate of drug-likeness (QED) is 0.738. The van der Waals surface area contributed by atoms with Gasteiger partial charge in [-0.05, 0) is 18.6 Å². The molecule has 0 spiro atoms. The van der Waals surface area contributed by atoms with E-state index in [4.69, 9.17) is 10.3 Å². The molecule has 2 N–H and O–H groups in total. The van der Waals surface area contributed by atoms with Crippen molar-refractivity contribution in [2.24, 2.45) is 0 Å². The summed E-state index contributed by atoms with van der Waals surface area (Å²) >= 11 is 0. The van der Waals surface area contributed by atoms with Crippen molar-refractivity contribution in [3.05, 3.63) is 36.4 Å². The van der Waals surface area contributed by atoms with Gasteiger partial charge < -0.3 is 10.3 Å². The van der Waals surface area contributed by atoms with Crippen LogP contribution >= 0.6 is 0 Å². The molecule has 0 bridgehead atoms. The van der Waals surface area contributed by atoms with Gasteiger partial charge in [-0.2, -0.15) is 4.98 Å². The number of rotatable bonds is 2. The highest BCUT2D eigenvalue weighted by molar-refractivity contribution is 5.69. The number of aromatic nitrogens is 5. The third kappa shape index (κ3) is 2.13. The first-order chi connectivity index (χ1) is 9.24. The molecule has 3 aromatic heterocycles. The normalized spacial score (nSPS) is 10.6. The van der Waals surface area contributed by atoms with E-state index in [1.165, 1.54) is 6.20 Å². The molecule has 0 aromatic carbocycles. The summed E-state index contributed by atoms with van der Waals surface area (Å²) in [6, 6.07) is 1.71. The molecule has 0 atom stereocenters. The predicted molar refractivity (Wildman–Crippen MR) is 67.7 cm³/mol. The van der Waals surface area contributed by atoms with Gasteiger partial charge in [0.1, 0.15) is 0 Å². The Morgan fingerprint density at radius 3 is 2.63 bits per heavy atom. The molecule has 0 aliphatic carbocycles. The van der Waals surface area contributed by atoms with Crippen LogP contribution in [0.5, 0.6) is 0 Å². The zero-order valence-electron chi connectivity index (χ0n) is 10.1. The highest BCUT2D eigenvalue weighted by Crippen LogP contribution is 2.24. The maximum Gasteiger partial charge on any atom is 0.260 e. The van der Waals surface area contributed by atoms with Gasteiger partial charge in [-0.25, -0.2) is 9.97 Å². The molecule has 0 saturated carbocycles. The van der Waals surface area contributed by atoms with Crippen LogP contribution in [0.4, 0.5) is 5.69 Å². The van der Waals surface area contributed by atoms with Crippen LogP contribution in [0.2, 0.25) is 0 Å². The van der Waals surface area contributed by atoms with Gasteiger partial charge in [0, 0.05) is 18.6 Å². The molecule has 0 saturated heterocycles. The number of hydrogen-bond donors (Lipinski definition) is 1. The monoisotopic (exact) mass is 254 g/mol. The molecule has 3 aromatic rings. The largest absolute Gasteiger partial charge is 0.397 e. The van der Waals surface area contributed by atoms with Crippen molar-refractivity contribution < 1.29 is 4.52 Å². The average molecular weight is 254 g/mol. The van der Waals surface area contributed by atoms with Gasteiger partial charge in [-0.1, -0.05) is 5.16 Å². The minimum absolute atomic E-state index is 0.319. The van der Waals surface area contributed by atoms with E-state index in [9.17, 15) is 0 Å². The van der Waals surface area contributed by atoms with E-state index in [1.54, 1.807) is 24.7 Å². The second-order valence-corrected chi connectivity index (χ2v) is 3.97. The van der Waals surface area contributed by atoms with Crippen molar-refractivity contribution in [3.63, 3.8) is 0 Å². The Hall–Kier alpha value is -2.83. The van der Waals surface area contributed by atoms with Gasteiger partial charge >= 0.3 is 0 Å². The molecular weight excluding hydrogens is 244 g/mol. The third-order valence-corrected chi connectivity index (χ3v) is 2.49. The van der Waals surface area contributed by atoms with E-state index >= 15 is 0 Å². The fourth-order valence-electron chi connectivity index (χ4n) is 1.53. The Morgan fingerprint density at radius 2 is 1.89 bits per heavy atom. The van der Waals surface area contributed by atoms with Crippen molar-refractivity contribution in [1.29, 1.82) is 0 Å². The van der Waals surface area contributed by atoms with E-state index in [-0.39, 0.29) is 0 Å². The summed E-state index contributed by atoms with van der Waals surface area (Å²) in [7, 11) is 0. The topological polar surface area (TPSA) is 104 Å². The lowest BCUT2D eigenvalue weighted by molar-refractivity contribution is 0.432. The van der Waals surface area contributed by atoms with E-state index in [0.717, 1.165) is 5.56 Å². The van der Waals surface area contributed by atoms with Gasteiger partial charge in [0.05, 0.1) is 17.4 Å². The Labute approximate surface area is 108 Å². The fraction of sp³-hybridized carbons (Fsp3) is 0.0833. The van der Waals surface area contributed by atoms with Gasteiger partial charge in [0.15, 0.2) is 0 Å². The first kappa shape index (κ1) is 11.3. The van der Waals surface area contributed by atoms with Crippen molar-refractivity contribution in [2.45, 2.75) is 6.92 Å². The van der Waals surface area contributed by atoms with Crippen LogP contribution in [0.1, 0.15) is 5.56 Å². The summed E-state index contributed by atoms with van der Waals surface area (Å²) in [5.74, 6) is 1.05. The Bertz CT molecular complexity index is 706. The minimum atomic E-state index is 0.319. The summed E-state index contributed by atoms with van der Waals surface area (Å²) in [5.41, 5.74) is 7.88. The van der Waals surface area contributed by atoms with Crippen LogP contribution in [0.3, 0.4) is 0 Å². The number of nitrogen functional groups attached to an aromatic ring is 1. The molecule has 0 fully saturated rings. The predicted octanol–water partition coefficient (Wildman–Crippen LogP) is 1.48. The molecule has 7 nitrogen and oxygen atoms in total. The van der Waals surface area contributed by atoms with Crippen molar-refractivity contribution in [1.82, 2.24) is 25.1 Å². The molecular formula is C12H10N6O. The van der Waals surface area contributed by atoms with Crippen LogP contribution < -0.4 is 5.73 Å². The standard InChI is InChI=1S/C12H10N6O/c1-7-4-15-10(16-5-7)11-17-12(19-18-11)8-2-3-14-6-9(8)13/h2-6H,13H2,1H3. The Balaban J connectivity index is 2.00. The molecule has 0 aliphatic heterocycles. The zero-order valence-corrected chi connectivity index (χ0v) is 10.1. The second-order valence-electron chi connectivity index (χ2n) is 3.97. The Morgan fingerprint density at radius 1 is 1.11 bits per heavy atom. The number of anilines is 1. The lowest BCUT2D eigenvalue weighted by Gasteiger charge is -1.97. The SMILES string of the molecule is Cc1cnc(-c2noc(-c3ccncc3N)n2)nc1. The van der Waals surface area contributed by atoms with Crippen molar-refractivity contribution in [3.8, 4) is 23.1 Å². The van der Waals surface area contributed by atoms with E-state index in [0.29, 0.717) is 28.8 Å². The number of hydrogen-bond acceptors (Lipinski definition) is 7. The molecule has 3 rings (SSSR count). The van der Waals surface area contributed by atoms with Gasteiger partial charge in [0.25, 0.3) is 5.89 Å². The first-order valence-electron chi connectivity index (χ1n) is 5.56. The maximum absolute atomic E-state index is 5.80. The maximum atomic E-state index is 5.80. The minimum Gasteiger partial charge on any atom is -0.397 e. The van der Waals surface area contributed by atoms with Crippen LogP contribution in [0.25, 0.3) is 23.1 Å². The van der Waals surface area contributed by atoms with Crippen molar-refractivity contribution >= 4 is 5.69 Å². The molecule has 7 heteroatoms. The lowest BCUT2D eigenvalue weighted by Crippen LogP contribution is -1.92. The molecule has 0 aliphatic rings. The summed E-state index contributed by atoms with van der Waals surface area (Å²) in [5, 5.41) is 3.85. The smallest absolute Gasteiger partial charge is 0.260 e. The van der Waals surface area contributed by atoms with E-state index < -0.39 is 0 Å². The van der Waals surface area contributed by atoms with Gasteiger partial charge in [0.2, 0.25) is 11.6 Å². The fourth-order valence-corrected chi connectivity index (χ4v) is 1.53. The van der Waals surface area contributed by atoms with Crippen LogP contribution in [-0.2, 0) is 0 Å². The summed E-state index contributed by atoms with van der Waals surface area (Å²) in [6.07, 6.45) is 6.53. The van der Waals surface area contributed by atoms with Crippen molar-refractivity contribution in [2.75, 3.05) is 5.73 Å². The average Bonchev–Trinajstić information content (AvgIpc) is 2.89. The van der Waals surface area contributed by atoms with E-state index in [2.05, 4.69) is 25.1 Å². The zero-order chi connectivity index (χ0) is 13.2. The first-order valence-corrected chi connectivity index (χ1v) is 5.56. The molecule has 3 heterocycles. The van der Waals surface area contributed by atoms with Crippen LogP contribution in [-0.4, -0.2) is 25.1 Å². The third-order valence-electron chi connectivity index (χ3n) is 2.49. The number of pyridine rings is 1. The summed E-state index contributed by atoms with van der Waals surface area (Å²) in [4.78, 5) is 16.4. The number of aryl methyl sites for hydroxylation is 1.